The van der Waals surface area contributed by atoms with Gasteiger partial charge in [-0.15, -0.1) is 5.10 Å². The smallest absolute Gasteiger partial charge is 0.240 e. The number of carbonyl (C=O) groups is 2. The lowest BCUT2D eigenvalue weighted by molar-refractivity contribution is -0.122. The van der Waals surface area contributed by atoms with Crippen molar-refractivity contribution < 1.29 is 14.0 Å². The maximum absolute atomic E-state index is 12.9. The summed E-state index contributed by atoms with van der Waals surface area (Å²) in [6.07, 6.45) is 6.04. The van der Waals surface area contributed by atoms with Gasteiger partial charge in [0.15, 0.2) is 5.17 Å². The molecular weight excluding hydrogens is 367 g/mol. The van der Waals surface area contributed by atoms with Gasteiger partial charge in [-0.25, -0.2) is 4.39 Å². The minimum Gasteiger partial charge on any atom is -0.326 e. The second kappa shape index (κ2) is 9.12. The number of carbonyl (C=O) groups excluding carboxylic acids is 2. The van der Waals surface area contributed by atoms with Gasteiger partial charge >= 0.3 is 0 Å². The summed E-state index contributed by atoms with van der Waals surface area (Å²) < 4.78 is 12.9. The van der Waals surface area contributed by atoms with Crippen LogP contribution in [0, 0.1) is 11.7 Å². The van der Waals surface area contributed by atoms with E-state index in [0.29, 0.717) is 16.8 Å². The minimum absolute atomic E-state index is 0.0121. The second-order valence-electron chi connectivity index (χ2n) is 6.84. The highest BCUT2D eigenvalue weighted by atomic mass is 32.2. The van der Waals surface area contributed by atoms with Crippen LogP contribution in [0.1, 0.15) is 45.4 Å². The van der Waals surface area contributed by atoms with Gasteiger partial charge < -0.3 is 10.6 Å². The van der Waals surface area contributed by atoms with Crippen LogP contribution in [0.4, 0.5) is 10.1 Å². The first-order valence-electron chi connectivity index (χ1n) is 9.16. The lowest BCUT2D eigenvalue weighted by Gasteiger charge is -2.20. The Labute approximate surface area is 162 Å². The van der Waals surface area contributed by atoms with Gasteiger partial charge in [-0.05, 0) is 49.9 Å². The molecule has 1 saturated heterocycles. The molecule has 2 fully saturated rings. The van der Waals surface area contributed by atoms with Crippen molar-refractivity contribution in [3.8, 4) is 0 Å². The molecule has 2 aliphatic rings. The first-order valence-corrected chi connectivity index (χ1v) is 10.0. The second-order valence-corrected chi connectivity index (χ2v) is 8.03. The molecule has 2 amide bonds. The number of nitrogens with one attached hydrogen (secondary N) is 2. The summed E-state index contributed by atoms with van der Waals surface area (Å²) in [5.74, 6) is -0.456. The van der Waals surface area contributed by atoms with Crippen molar-refractivity contribution in [3.63, 3.8) is 0 Å². The number of hydrogen-bond acceptors (Lipinski definition) is 5. The van der Waals surface area contributed by atoms with Crippen molar-refractivity contribution in [2.75, 3.05) is 5.32 Å². The maximum atomic E-state index is 12.9. The van der Waals surface area contributed by atoms with Gasteiger partial charge in [0.05, 0.1) is 0 Å². The standard InChI is InChI=1S/C19H23FN4O2S/c1-12(13-5-3-2-4-6-13)23-24-19-22-18(26)16(27-19)11-17(25)21-15-9-7-14(20)8-10-15/h7-10,13,16H,2-6,11H2,1H3,(H,21,25)(H,22,24,26)/b23-12-. The normalized spacial score (nSPS) is 22.7. The number of rotatable bonds is 5. The van der Waals surface area contributed by atoms with Crippen LogP contribution in [-0.4, -0.2) is 27.9 Å². The van der Waals surface area contributed by atoms with E-state index in [-0.39, 0.29) is 24.1 Å². The Morgan fingerprint density at radius 2 is 1.96 bits per heavy atom. The molecule has 8 heteroatoms. The fourth-order valence-electron chi connectivity index (χ4n) is 3.23. The molecule has 0 spiro atoms. The van der Waals surface area contributed by atoms with E-state index in [0.717, 1.165) is 18.6 Å². The van der Waals surface area contributed by atoms with E-state index in [4.69, 9.17) is 0 Å². The molecule has 1 aromatic carbocycles. The molecule has 1 aliphatic heterocycles. The van der Waals surface area contributed by atoms with Gasteiger partial charge in [0.2, 0.25) is 11.8 Å². The number of hydrogen-bond donors (Lipinski definition) is 2. The zero-order valence-electron chi connectivity index (χ0n) is 15.2. The summed E-state index contributed by atoms with van der Waals surface area (Å²) in [5.41, 5.74) is 1.49. The molecule has 0 radical (unpaired) electrons. The van der Waals surface area contributed by atoms with E-state index < -0.39 is 5.25 Å². The van der Waals surface area contributed by atoms with Crippen LogP contribution in [-0.2, 0) is 9.59 Å². The Morgan fingerprint density at radius 1 is 1.26 bits per heavy atom. The lowest BCUT2D eigenvalue weighted by atomic mass is 9.86. The minimum atomic E-state index is -0.547. The van der Waals surface area contributed by atoms with Crippen LogP contribution < -0.4 is 10.6 Å². The van der Waals surface area contributed by atoms with Crippen LogP contribution in [0.3, 0.4) is 0 Å². The largest absolute Gasteiger partial charge is 0.326 e. The fraction of sp³-hybridized carbons (Fsp3) is 0.474. The highest BCUT2D eigenvalue weighted by molar-refractivity contribution is 8.15. The average molecular weight is 390 g/mol. The van der Waals surface area contributed by atoms with E-state index >= 15 is 0 Å². The Bertz CT molecular complexity index is 757. The van der Waals surface area contributed by atoms with Crippen LogP contribution >= 0.6 is 11.8 Å². The maximum Gasteiger partial charge on any atom is 0.240 e. The first-order chi connectivity index (χ1) is 13.0. The van der Waals surface area contributed by atoms with E-state index in [1.165, 1.54) is 55.3 Å². The van der Waals surface area contributed by atoms with Gasteiger partial charge in [-0.1, -0.05) is 31.0 Å². The molecule has 1 heterocycles. The summed E-state index contributed by atoms with van der Waals surface area (Å²) in [6.45, 7) is 1.98. The number of thioether (sulfide) groups is 1. The van der Waals surface area contributed by atoms with Gasteiger partial charge in [-0.2, -0.15) is 5.10 Å². The van der Waals surface area contributed by atoms with E-state index in [1.54, 1.807) is 0 Å². The first kappa shape index (κ1) is 19.5. The fourth-order valence-corrected chi connectivity index (χ4v) is 4.14. The lowest BCUT2D eigenvalue weighted by Crippen LogP contribution is -2.28. The molecular formula is C19H23FN4O2S. The third kappa shape index (κ3) is 5.63. The van der Waals surface area contributed by atoms with Crippen molar-refractivity contribution in [1.82, 2.24) is 5.32 Å². The molecule has 1 aromatic rings. The quantitative estimate of drug-likeness (QED) is 0.594. The molecule has 3 rings (SSSR count). The van der Waals surface area contributed by atoms with Crippen molar-refractivity contribution in [2.24, 2.45) is 16.1 Å². The summed E-state index contributed by atoms with van der Waals surface area (Å²) in [5, 5.41) is 13.7. The molecule has 0 bridgehead atoms. The summed E-state index contributed by atoms with van der Waals surface area (Å²) in [7, 11) is 0. The molecule has 144 valence electrons. The topological polar surface area (TPSA) is 82.9 Å². The number of halogens is 1. The van der Waals surface area contributed by atoms with E-state index in [2.05, 4.69) is 20.8 Å². The predicted molar refractivity (Wildman–Crippen MR) is 106 cm³/mol. The number of amides is 2. The van der Waals surface area contributed by atoms with Crippen molar-refractivity contribution >= 4 is 40.1 Å². The number of benzene rings is 1. The van der Waals surface area contributed by atoms with Crippen molar-refractivity contribution in [1.29, 1.82) is 0 Å². The Kier molecular flexibility index (Phi) is 6.60. The number of anilines is 1. The summed E-state index contributed by atoms with van der Waals surface area (Å²) in [6, 6.07) is 5.49. The Morgan fingerprint density at radius 3 is 2.67 bits per heavy atom. The zero-order valence-corrected chi connectivity index (χ0v) is 16.0. The van der Waals surface area contributed by atoms with E-state index in [1.807, 2.05) is 6.92 Å². The monoisotopic (exact) mass is 390 g/mol. The zero-order chi connectivity index (χ0) is 19.2. The third-order valence-corrected chi connectivity index (χ3v) is 5.84. The SMILES string of the molecule is C/C(=N/N=C1\NC(=O)C(CC(=O)Nc2ccc(F)cc2)S1)C1CCCCC1. The highest BCUT2D eigenvalue weighted by Crippen LogP contribution is 2.26. The summed E-state index contributed by atoms with van der Waals surface area (Å²) >= 11 is 1.21. The molecule has 6 nitrogen and oxygen atoms in total. The van der Waals surface area contributed by atoms with Gasteiger partial charge in [0.1, 0.15) is 11.1 Å². The number of nitrogens with zero attached hydrogens (tertiary/aromatic N) is 2. The molecule has 1 saturated carbocycles. The molecule has 1 unspecified atom stereocenters. The molecule has 2 N–H and O–H groups in total. The highest BCUT2D eigenvalue weighted by Gasteiger charge is 2.32. The molecule has 27 heavy (non-hydrogen) atoms. The third-order valence-electron chi connectivity index (χ3n) is 4.77. The van der Waals surface area contributed by atoms with E-state index in [9.17, 15) is 14.0 Å². The van der Waals surface area contributed by atoms with Gasteiger partial charge in [-0.3, -0.25) is 9.59 Å². The van der Waals surface area contributed by atoms with Gasteiger partial charge in [0.25, 0.3) is 0 Å². The Hall–Kier alpha value is -2.22. The molecule has 1 atom stereocenters. The van der Waals surface area contributed by atoms with Crippen LogP contribution in [0.25, 0.3) is 0 Å². The van der Waals surface area contributed by atoms with Crippen molar-refractivity contribution in [3.05, 3.63) is 30.1 Å². The van der Waals surface area contributed by atoms with Crippen LogP contribution in [0.15, 0.2) is 34.5 Å². The number of amidine groups is 1. The summed E-state index contributed by atoms with van der Waals surface area (Å²) in [4.78, 5) is 24.2. The predicted octanol–water partition coefficient (Wildman–Crippen LogP) is 3.70. The van der Waals surface area contributed by atoms with Gasteiger partial charge in [0, 0.05) is 17.8 Å². The van der Waals surface area contributed by atoms with Crippen molar-refractivity contribution in [2.45, 2.75) is 50.7 Å². The van der Waals surface area contributed by atoms with Crippen LogP contribution in [0.2, 0.25) is 0 Å². The Balaban J connectivity index is 1.53. The molecule has 1 aliphatic carbocycles. The van der Waals surface area contributed by atoms with Crippen LogP contribution in [0.5, 0.6) is 0 Å². The molecule has 0 aromatic heterocycles. The average Bonchev–Trinajstić information content (AvgIpc) is 3.01.